The van der Waals surface area contributed by atoms with Gasteiger partial charge in [-0.25, -0.2) is 4.39 Å². The van der Waals surface area contributed by atoms with Crippen LogP contribution in [0.4, 0.5) is 4.39 Å². The lowest BCUT2D eigenvalue weighted by molar-refractivity contribution is -0.146. The van der Waals surface area contributed by atoms with Crippen LogP contribution in [-0.2, 0) is 9.53 Å². The summed E-state index contributed by atoms with van der Waals surface area (Å²) >= 11 is 0. The molecule has 3 nitrogen and oxygen atoms in total. The Morgan fingerprint density at radius 1 is 1.47 bits per heavy atom. The number of hydrogen-bond donors (Lipinski definition) is 1. The molecule has 0 unspecified atom stereocenters. The predicted molar refractivity (Wildman–Crippen MR) is 62.1 cm³/mol. The van der Waals surface area contributed by atoms with E-state index in [4.69, 9.17) is 4.74 Å². The number of carbonyl (C=O) groups is 1. The first kappa shape index (κ1) is 12.0. The summed E-state index contributed by atoms with van der Waals surface area (Å²) in [5.74, 6) is -0.396. The van der Waals surface area contributed by atoms with Crippen LogP contribution in [0.1, 0.15) is 17.9 Å². The smallest absolute Gasteiger partial charge is 0.309 e. The number of halogens is 1. The molecular weight excluding hydrogens is 221 g/mol. The summed E-state index contributed by atoms with van der Waals surface area (Å²) in [7, 11) is 1.40. The van der Waals surface area contributed by atoms with Crippen molar-refractivity contribution in [1.82, 2.24) is 5.32 Å². The van der Waals surface area contributed by atoms with E-state index in [0.717, 1.165) is 12.1 Å². The van der Waals surface area contributed by atoms with Crippen LogP contribution < -0.4 is 5.32 Å². The zero-order valence-corrected chi connectivity index (χ0v) is 9.78. The third-order valence-electron chi connectivity index (χ3n) is 3.21. The van der Waals surface area contributed by atoms with E-state index in [1.165, 1.54) is 19.2 Å². The van der Waals surface area contributed by atoms with Gasteiger partial charge in [-0.1, -0.05) is 12.1 Å². The lowest BCUT2D eigenvalue weighted by Crippen LogP contribution is -2.39. The summed E-state index contributed by atoms with van der Waals surface area (Å²) in [5.41, 5.74) is 0.936. The molecule has 1 aliphatic rings. The van der Waals surface area contributed by atoms with Crippen molar-refractivity contribution in [3.8, 4) is 0 Å². The summed E-state index contributed by atoms with van der Waals surface area (Å²) in [6, 6.07) is 6.56. The second-order valence-corrected chi connectivity index (χ2v) is 4.37. The third-order valence-corrected chi connectivity index (χ3v) is 3.21. The first-order valence-electron chi connectivity index (χ1n) is 5.74. The number of rotatable bonds is 2. The van der Waals surface area contributed by atoms with Crippen LogP contribution >= 0.6 is 0 Å². The maximum atomic E-state index is 13.1. The highest BCUT2D eigenvalue weighted by Gasteiger charge is 2.28. The number of hydrogen-bond acceptors (Lipinski definition) is 3. The minimum absolute atomic E-state index is 0.137. The molecule has 4 heteroatoms. The number of piperidine rings is 1. The van der Waals surface area contributed by atoms with Crippen molar-refractivity contribution < 1.29 is 13.9 Å². The van der Waals surface area contributed by atoms with E-state index < -0.39 is 0 Å². The predicted octanol–water partition coefficient (Wildman–Crippen LogP) is 1.69. The van der Waals surface area contributed by atoms with Crippen LogP contribution in [0, 0.1) is 11.7 Å². The van der Waals surface area contributed by atoms with Crippen LogP contribution in [0.25, 0.3) is 0 Å². The monoisotopic (exact) mass is 237 g/mol. The van der Waals surface area contributed by atoms with Gasteiger partial charge < -0.3 is 10.1 Å². The van der Waals surface area contributed by atoms with Crippen LogP contribution in [0.15, 0.2) is 24.3 Å². The van der Waals surface area contributed by atoms with Crippen LogP contribution in [0.5, 0.6) is 0 Å². The maximum absolute atomic E-state index is 13.1. The first-order chi connectivity index (χ1) is 8.20. The van der Waals surface area contributed by atoms with Crippen LogP contribution in [0.2, 0.25) is 0 Å². The minimum Gasteiger partial charge on any atom is -0.469 e. The molecule has 0 aliphatic carbocycles. The summed E-state index contributed by atoms with van der Waals surface area (Å²) in [6.45, 7) is 1.41. The molecule has 1 aromatic carbocycles. The van der Waals surface area contributed by atoms with Crippen molar-refractivity contribution in [2.75, 3.05) is 20.2 Å². The molecule has 0 spiro atoms. The second kappa shape index (κ2) is 5.27. The third kappa shape index (κ3) is 2.82. The lowest BCUT2D eigenvalue weighted by atomic mass is 9.85. The number of nitrogens with one attached hydrogen (secondary N) is 1. The fraction of sp³-hybridized carbons (Fsp3) is 0.462. The average molecular weight is 237 g/mol. The van der Waals surface area contributed by atoms with Gasteiger partial charge in [0.2, 0.25) is 0 Å². The molecule has 17 heavy (non-hydrogen) atoms. The Morgan fingerprint density at radius 3 is 3.00 bits per heavy atom. The van der Waals surface area contributed by atoms with Crippen molar-refractivity contribution in [3.05, 3.63) is 35.6 Å². The van der Waals surface area contributed by atoms with Gasteiger partial charge in [-0.05, 0) is 30.0 Å². The van der Waals surface area contributed by atoms with Gasteiger partial charge in [0, 0.05) is 13.1 Å². The molecule has 0 radical (unpaired) electrons. The van der Waals surface area contributed by atoms with Crippen molar-refractivity contribution in [2.24, 2.45) is 5.92 Å². The van der Waals surface area contributed by atoms with E-state index in [1.54, 1.807) is 6.07 Å². The van der Waals surface area contributed by atoms with Gasteiger partial charge in [-0.15, -0.1) is 0 Å². The van der Waals surface area contributed by atoms with Crippen molar-refractivity contribution in [1.29, 1.82) is 0 Å². The SMILES string of the molecule is COC(=O)[C@@H]1CNC[C@@H](c2cccc(F)c2)C1. The molecule has 1 aromatic rings. The zero-order chi connectivity index (χ0) is 12.3. The standard InChI is InChI=1S/C13H16FNO2/c1-17-13(16)11-5-10(7-15-8-11)9-3-2-4-12(14)6-9/h2-4,6,10-11,15H,5,7-8H2,1H3/t10-,11-/m0/s1. The van der Waals surface area contributed by atoms with E-state index in [9.17, 15) is 9.18 Å². The number of methoxy groups -OCH3 is 1. The van der Waals surface area contributed by atoms with Gasteiger partial charge in [-0.2, -0.15) is 0 Å². The van der Waals surface area contributed by atoms with Gasteiger partial charge in [-0.3, -0.25) is 4.79 Å². The van der Waals surface area contributed by atoms with Gasteiger partial charge in [0.25, 0.3) is 0 Å². The topological polar surface area (TPSA) is 38.3 Å². The highest BCUT2D eigenvalue weighted by atomic mass is 19.1. The molecule has 1 saturated heterocycles. The quantitative estimate of drug-likeness (QED) is 0.795. The molecule has 0 aromatic heterocycles. The summed E-state index contributed by atoms with van der Waals surface area (Å²) in [4.78, 5) is 11.5. The Kier molecular flexibility index (Phi) is 3.74. The zero-order valence-electron chi connectivity index (χ0n) is 9.78. The molecule has 0 saturated carbocycles. The van der Waals surface area contributed by atoms with Crippen molar-refractivity contribution >= 4 is 5.97 Å². The molecular formula is C13H16FNO2. The number of ether oxygens (including phenoxy) is 1. The molecule has 1 N–H and O–H groups in total. The molecule has 1 fully saturated rings. The molecule has 0 bridgehead atoms. The largest absolute Gasteiger partial charge is 0.469 e. The Hall–Kier alpha value is -1.42. The van der Waals surface area contributed by atoms with Gasteiger partial charge in [0.05, 0.1) is 13.0 Å². The first-order valence-corrected chi connectivity index (χ1v) is 5.74. The summed E-state index contributed by atoms with van der Waals surface area (Å²) in [5, 5.41) is 3.19. The maximum Gasteiger partial charge on any atom is 0.309 e. The molecule has 2 rings (SSSR count). The Labute approximate surface area is 100.0 Å². The average Bonchev–Trinajstić information content (AvgIpc) is 2.38. The van der Waals surface area contributed by atoms with E-state index >= 15 is 0 Å². The van der Waals surface area contributed by atoms with Crippen LogP contribution in [-0.4, -0.2) is 26.2 Å². The second-order valence-electron chi connectivity index (χ2n) is 4.37. The van der Waals surface area contributed by atoms with Crippen molar-refractivity contribution in [2.45, 2.75) is 12.3 Å². The van der Waals surface area contributed by atoms with Crippen molar-refractivity contribution in [3.63, 3.8) is 0 Å². The Morgan fingerprint density at radius 2 is 2.29 bits per heavy atom. The molecule has 0 amide bonds. The molecule has 92 valence electrons. The minimum atomic E-state index is -0.234. The number of benzene rings is 1. The highest BCUT2D eigenvalue weighted by Crippen LogP contribution is 2.27. The number of esters is 1. The summed E-state index contributed by atoms with van der Waals surface area (Å²) in [6.07, 6.45) is 0.711. The normalized spacial score (nSPS) is 24.4. The Balaban J connectivity index is 2.09. The highest BCUT2D eigenvalue weighted by molar-refractivity contribution is 5.72. The van der Waals surface area contributed by atoms with Gasteiger partial charge >= 0.3 is 5.97 Å². The lowest BCUT2D eigenvalue weighted by Gasteiger charge is -2.28. The number of carbonyl (C=O) groups excluding carboxylic acids is 1. The molecule has 1 heterocycles. The van der Waals surface area contributed by atoms with E-state index in [0.29, 0.717) is 13.0 Å². The molecule has 2 atom stereocenters. The fourth-order valence-corrected chi connectivity index (χ4v) is 2.30. The van der Waals surface area contributed by atoms with E-state index in [-0.39, 0.29) is 23.6 Å². The summed E-state index contributed by atoms with van der Waals surface area (Å²) < 4.78 is 17.9. The van der Waals surface area contributed by atoms with Crippen LogP contribution in [0.3, 0.4) is 0 Å². The Bertz CT molecular complexity index is 408. The van der Waals surface area contributed by atoms with E-state index in [1.807, 2.05) is 6.07 Å². The van der Waals surface area contributed by atoms with E-state index in [2.05, 4.69) is 5.32 Å². The van der Waals surface area contributed by atoms with Gasteiger partial charge in [0.1, 0.15) is 5.82 Å². The van der Waals surface area contributed by atoms with Gasteiger partial charge in [0.15, 0.2) is 0 Å². The fourth-order valence-electron chi connectivity index (χ4n) is 2.30. The molecule has 1 aliphatic heterocycles.